The van der Waals surface area contributed by atoms with Crippen molar-refractivity contribution < 1.29 is 14.3 Å². The summed E-state index contributed by atoms with van der Waals surface area (Å²) in [4.78, 5) is 26.4. The highest BCUT2D eigenvalue weighted by molar-refractivity contribution is 7.09. The van der Waals surface area contributed by atoms with Gasteiger partial charge in [0.1, 0.15) is 0 Å². The molecule has 2 heterocycles. The van der Waals surface area contributed by atoms with Crippen molar-refractivity contribution >= 4 is 23.3 Å². The van der Waals surface area contributed by atoms with Gasteiger partial charge < -0.3 is 15.0 Å². The van der Waals surface area contributed by atoms with Crippen molar-refractivity contribution in [1.29, 1.82) is 0 Å². The summed E-state index contributed by atoms with van der Waals surface area (Å²) in [5, 5.41) is 4.82. The number of aryl methyl sites for hydroxylation is 1. The molecule has 2 amide bonds. The lowest BCUT2D eigenvalue weighted by atomic mass is 10.0. The van der Waals surface area contributed by atoms with Gasteiger partial charge >= 0.3 is 6.09 Å². The number of hydrogen-bond acceptors (Lipinski definition) is 4. The Hall–Kier alpha value is -1.56. The summed E-state index contributed by atoms with van der Waals surface area (Å²) in [5.41, 5.74) is 0. The SMILES string of the molecule is COC(=O)NC1CCN(C(=O)CCc2cccs2)CC1. The summed E-state index contributed by atoms with van der Waals surface area (Å²) in [7, 11) is 1.36. The Balaban J connectivity index is 1.70. The average molecular weight is 296 g/mol. The van der Waals surface area contributed by atoms with Crippen molar-refractivity contribution in [3.05, 3.63) is 22.4 Å². The van der Waals surface area contributed by atoms with Gasteiger partial charge in [-0.05, 0) is 30.7 Å². The van der Waals surface area contributed by atoms with E-state index in [1.807, 2.05) is 16.3 Å². The standard InChI is InChI=1S/C14H20N2O3S/c1-19-14(18)15-11-6-8-16(9-7-11)13(17)5-4-12-3-2-10-20-12/h2-3,10-11H,4-9H2,1H3,(H,15,18). The Labute approximate surface area is 122 Å². The summed E-state index contributed by atoms with van der Waals surface area (Å²) in [6.07, 6.45) is 2.57. The number of rotatable bonds is 4. The maximum Gasteiger partial charge on any atom is 0.407 e. The molecule has 20 heavy (non-hydrogen) atoms. The van der Waals surface area contributed by atoms with Gasteiger partial charge in [-0.2, -0.15) is 0 Å². The fourth-order valence-corrected chi connectivity index (χ4v) is 3.05. The van der Waals surface area contributed by atoms with Crippen LogP contribution in [0.5, 0.6) is 0 Å². The molecule has 1 aliphatic rings. The van der Waals surface area contributed by atoms with E-state index in [9.17, 15) is 9.59 Å². The first kappa shape index (κ1) is 14.8. The van der Waals surface area contributed by atoms with Crippen LogP contribution in [0, 0.1) is 0 Å². The monoisotopic (exact) mass is 296 g/mol. The van der Waals surface area contributed by atoms with E-state index in [0.717, 1.165) is 19.3 Å². The number of alkyl carbamates (subject to hydrolysis) is 1. The maximum atomic E-state index is 12.1. The number of carbonyl (C=O) groups excluding carboxylic acids is 2. The van der Waals surface area contributed by atoms with E-state index in [1.165, 1.54) is 12.0 Å². The predicted octanol–water partition coefficient (Wildman–Crippen LogP) is 2.03. The fraction of sp³-hybridized carbons (Fsp3) is 0.571. The highest BCUT2D eigenvalue weighted by atomic mass is 32.1. The van der Waals surface area contributed by atoms with E-state index in [1.54, 1.807) is 11.3 Å². The zero-order valence-electron chi connectivity index (χ0n) is 11.6. The lowest BCUT2D eigenvalue weighted by Gasteiger charge is -2.32. The minimum Gasteiger partial charge on any atom is -0.453 e. The normalized spacial score (nSPS) is 15.9. The molecule has 0 saturated carbocycles. The van der Waals surface area contributed by atoms with E-state index >= 15 is 0 Å². The van der Waals surface area contributed by atoms with Crippen LogP contribution in [-0.2, 0) is 16.0 Å². The first-order valence-electron chi connectivity index (χ1n) is 6.83. The molecule has 0 aliphatic carbocycles. The van der Waals surface area contributed by atoms with Gasteiger partial charge in [-0.25, -0.2) is 4.79 Å². The van der Waals surface area contributed by atoms with Gasteiger partial charge in [0.25, 0.3) is 0 Å². The molecule has 1 saturated heterocycles. The molecule has 2 rings (SSSR count). The summed E-state index contributed by atoms with van der Waals surface area (Å²) < 4.78 is 4.58. The van der Waals surface area contributed by atoms with Gasteiger partial charge in [0.15, 0.2) is 0 Å². The van der Waals surface area contributed by atoms with Gasteiger partial charge in [-0.15, -0.1) is 11.3 Å². The fourth-order valence-electron chi connectivity index (χ4n) is 2.34. The maximum absolute atomic E-state index is 12.1. The van der Waals surface area contributed by atoms with Crippen LogP contribution in [0.3, 0.4) is 0 Å². The van der Waals surface area contributed by atoms with E-state index in [4.69, 9.17) is 0 Å². The molecule has 0 atom stereocenters. The molecule has 110 valence electrons. The molecule has 6 heteroatoms. The van der Waals surface area contributed by atoms with Crippen molar-refractivity contribution in [2.45, 2.75) is 31.7 Å². The molecular weight excluding hydrogens is 276 g/mol. The molecule has 5 nitrogen and oxygen atoms in total. The molecule has 1 aliphatic heterocycles. The molecule has 0 radical (unpaired) electrons. The molecule has 1 N–H and O–H groups in total. The predicted molar refractivity (Wildman–Crippen MR) is 77.8 cm³/mol. The average Bonchev–Trinajstić information content (AvgIpc) is 2.98. The lowest BCUT2D eigenvalue weighted by Crippen LogP contribution is -2.46. The Morgan fingerprint density at radius 1 is 1.45 bits per heavy atom. The molecule has 1 aromatic rings. The number of methoxy groups -OCH3 is 1. The number of thiophene rings is 1. The van der Waals surface area contributed by atoms with Crippen molar-refractivity contribution in [3.63, 3.8) is 0 Å². The number of ether oxygens (including phenoxy) is 1. The summed E-state index contributed by atoms with van der Waals surface area (Å²) in [6.45, 7) is 1.41. The smallest absolute Gasteiger partial charge is 0.407 e. The largest absolute Gasteiger partial charge is 0.453 e. The summed E-state index contributed by atoms with van der Waals surface area (Å²) in [6, 6.07) is 4.18. The van der Waals surface area contributed by atoms with Gasteiger partial charge in [-0.3, -0.25) is 4.79 Å². The third-order valence-electron chi connectivity index (χ3n) is 3.52. The second kappa shape index (κ2) is 7.28. The molecular formula is C14H20N2O3S. The Kier molecular flexibility index (Phi) is 5.40. The van der Waals surface area contributed by atoms with Crippen LogP contribution in [0.2, 0.25) is 0 Å². The topological polar surface area (TPSA) is 58.6 Å². The lowest BCUT2D eigenvalue weighted by molar-refractivity contribution is -0.132. The minimum atomic E-state index is -0.396. The summed E-state index contributed by atoms with van der Waals surface area (Å²) in [5.74, 6) is 0.204. The number of amides is 2. The second-order valence-corrected chi connectivity index (χ2v) is 5.90. The van der Waals surface area contributed by atoms with Gasteiger partial charge in [0.2, 0.25) is 5.91 Å². The van der Waals surface area contributed by atoms with E-state index in [2.05, 4.69) is 16.1 Å². The van der Waals surface area contributed by atoms with Gasteiger partial charge in [0.05, 0.1) is 7.11 Å². The molecule has 0 aromatic carbocycles. The first-order chi connectivity index (χ1) is 9.69. The van der Waals surface area contributed by atoms with E-state index in [0.29, 0.717) is 19.5 Å². The Bertz CT molecular complexity index is 439. The van der Waals surface area contributed by atoms with Gasteiger partial charge in [-0.1, -0.05) is 6.07 Å². The van der Waals surface area contributed by atoms with Crippen LogP contribution in [0.25, 0.3) is 0 Å². The van der Waals surface area contributed by atoms with E-state index in [-0.39, 0.29) is 11.9 Å². The Morgan fingerprint density at radius 3 is 2.80 bits per heavy atom. The zero-order chi connectivity index (χ0) is 14.4. The molecule has 0 unspecified atom stereocenters. The quantitative estimate of drug-likeness (QED) is 0.925. The number of hydrogen-bond donors (Lipinski definition) is 1. The van der Waals surface area contributed by atoms with Crippen LogP contribution in [0.1, 0.15) is 24.1 Å². The number of nitrogens with zero attached hydrogens (tertiary/aromatic N) is 1. The third kappa shape index (κ3) is 4.23. The first-order valence-corrected chi connectivity index (χ1v) is 7.71. The van der Waals surface area contributed by atoms with Crippen LogP contribution in [0.15, 0.2) is 17.5 Å². The highest BCUT2D eigenvalue weighted by Gasteiger charge is 2.23. The third-order valence-corrected chi connectivity index (χ3v) is 4.46. The number of nitrogens with one attached hydrogen (secondary N) is 1. The zero-order valence-corrected chi connectivity index (χ0v) is 12.4. The summed E-state index contributed by atoms with van der Waals surface area (Å²) >= 11 is 1.69. The van der Waals surface area contributed by atoms with Crippen LogP contribution in [-0.4, -0.2) is 43.1 Å². The van der Waals surface area contributed by atoms with Crippen LogP contribution < -0.4 is 5.32 Å². The number of likely N-dealkylation sites (tertiary alicyclic amines) is 1. The second-order valence-electron chi connectivity index (χ2n) is 4.87. The van der Waals surface area contributed by atoms with Crippen molar-refractivity contribution in [3.8, 4) is 0 Å². The molecule has 1 aromatic heterocycles. The molecule has 0 spiro atoms. The van der Waals surface area contributed by atoms with Crippen molar-refractivity contribution in [2.24, 2.45) is 0 Å². The number of piperidine rings is 1. The number of carbonyl (C=O) groups is 2. The van der Waals surface area contributed by atoms with E-state index < -0.39 is 6.09 Å². The molecule has 1 fully saturated rings. The van der Waals surface area contributed by atoms with Crippen molar-refractivity contribution in [1.82, 2.24) is 10.2 Å². The van der Waals surface area contributed by atoms with Crippen LogP contribution >= 0.6 is 11.3 Å². The van der Waals surface area contributed by atoms with Crippen molar-refractivity contribution in [2.75, 3.05) is 20.2 Å². The van der Waals surface area contributed by atoms with Crippen LogP contribution in [0.4, 0.5) is 4.79 Å². The van der Waals surface area contributed by atoms with Gasteiger partial charge in [0, 0.05) is 30.4 Å². The highest BCUT2D eigenvalue weighted by Crippen LogP contribution is 2.15. The Morgan fingerprint density at radius 2 is 2.20 bits per heavy atom. The minimum absolute atomic E-state index is 0.115. The molecule has 0 bridgehead atoms.